The first-order chi connectivity index (χ1) is 21.9. The molecule has 0 heterocycles. The highest BCUT2D eigenvalue weighted by atomic mass is 32.2. The molecular weight excluding hydrogens is 677 g/mol. The van der Waals surface area contributed by atoms with E-state index in [1.54, 1.807) is 24.3 Å². The van der Waals surface area contributed by atoms with E-state index in [-0.39, 0.29) is 23.2 Å². The second-order valence-corrected chi connectivity index (χ2v) is 14.8. The smallest absolute Gasteiger partial charge is 0.297 e. The number of allylic oxidation sites excluding steroid dienone is 3. The number of rotatable bonds is 8. The first-order valence-corrected chi connectivity index (χ1v) is 17.7. The molecule has 0 aliphatic heterocycles. The predicted molar refractivity (Wildman–Crippen MR) is 169 cm³/mol. The SMILES string of the molecule is C[C@@]12C(NC(=O)c3ccccc3)=CC(S(=O)(=O)O)=CC1C=C(S(=O)(=O)O)C(N=Nc1ccc3c(CN)cccc3c1S(=O)(=O)O)=C2O. The molecule has 0 saturated carbocycles. The zero-order valence-electron chi connectivity index (χ0n) is 24.1. The average Bonchev–Trinajstić information content (AvgIpc) is 2.99. The molecule has 2 atom stereocenters. The van der Waals surface area contributed by atoms with Crippen molar-refractivity contribution in [3.63, 3.8) is 0 Å². The van der Waals surface area contributed by atoms with Gasteiger partial charge in [-0.2, -0.15) is 25.3 Å². The maximum Gasteiger partial charge on any atom is 0.297 e. The normalized spacial score (nSPS) is 20.4. The van der Waals surface area contributed by atoms with Gasteiger partial charge in [0.05, 0.1) is 10.3 Å². The van der Waals surface area contributed by atoms with E-state index in [0.717, 1.165) is 24.3 Å². The topological polar surface area (TPSA) is 263 Å². The van der Waals surface area contributed by atoms with Gasteiger partial charge in [0.1, 0.15) is 26.9 Å². The number of benzene rings is 3. The lowest BCUT2D eigenvalue weighted by atomic mass is 9.67. The number of carbonyl (C=O) groups excluding carboxylic acids is 1. The third-order valence-electron chi connectivity index (χ3n) is 7.81. The van der Waals surface area contributed by atoms with Crippen LogP contribution in [0.2, 0.25) is 0 Å². The van der Waals surface area contributed by atoms with Crippen LogP contribution in [0.25, 0.3) is 10.8 Å². The van der Waals surface area contributed by atoms with Gasteiger partial charge in [0, 0.05) is 29.1 Å². The highest BCUT2D eigenvalue weighted by molar-refractivity contribution is 7.90. The Morgan fingerprint density at radius 3 is 2.13 bits per heavy atom. The first kappa shape index (κ1) is 33.8. The van der Waals surface area contributed by atoms with E-state index >= 15 is 0 Å². The summed E-state index contributed by atoms with van der Waals surface area (Å²) in [6.07, 6.45) is 2.59. The number of nitrogens with two attached hydrogens (primary N) is 1. The fourth-order valence-electron chi connectivity index (χ4n) is 5.40. The summed E-state index contributed by atoms with van der Waals surface area (Å²) in [6, 6.07) is 14.7. The van der Waals surface area contributed by atoms with Crippen LogP contribution in [0.3, 0.4) is 0 Å². The Morgan fingerprint density at radius 2 is 1.53 bits per heavy atom. The molecule has 0 fully saturated rings. The van der Waals surface area contributed by atoms with E-state index < -0.39 is 79.4 Å². The lowest BCUT2D eigenvalue weighted by Gasteiger charge is -2.41. The van der Waals surface area contributed by atoms with Crippen LogP contribution in [-0.4, -0.2) is 49.9 Å². The van der Waals surface area contributed by atoms with Crippen LogP contribution in [0, 0.1) is 11.3 Å². The molecule has 18 heteroatoms. The molecule has 0 spiro atoms. The molecule has 0 radical (unpaired) electrons. The predicted octanol–water partition coefficient (Wildman–Crippen LogP) is 3.91. The number of aliphatic hydroxyl groups excluding tert-OH is 1. The molecule has 2 aliphatic rings. The van der Waals surface area contributed by atoms with Gasteiger partial charge in [-0.1, -0.05) is 54.6 Å². The number of nitrogens with one attached hydrogen (secondary N) is 1. The summed E-state index contributed by atoms with van der Waals surface area (Å²) in [5.41, 5.74) is 2.82. The fourth-order valence-corrected chi connectivity index (χ4v) is 7.51. The van der Waals surface area contributed by atoms with Crippen LogP contribution in [0.15, 0.2) is 121 Å². The Labute approximate surface area is 268 Å². The molecule has 0 saturated heterocycles. The van der Waals surface area contributed by atoms with Gasteiger partial charge in [0.15, 0.2) is 0 Å². The first-order valence-electron chi connectivity index (χ1n) is 13.4. The molecule has 0 bridgehead atoms. The zero-order valence-corrected chi connectivity index (χ0v) is 26.6. The Balaban J connectivity index is 1.73. The van der Waals surface area contributed by atoms with Crippen molar-refractivity contribution < 1.29 is 48.8 Å². The second-order valence-electron chi connectivity index (χ2n) is 10.7. The number of aliphatic hydroxyl groups is 1. The van der Waals surface area contributed by atoms with Gasteiger partial charge in [-0.25, -0.2) is 0 Å². The maximum absolute atomic E-state index is 13.1. The van der Waals surface area contributed by atoms with Crippen LogP contribution in [-0.2, 0) is 36.9 Å². The van der Waals surface area contributed by atoms with Crippen molar-refractivity contribution in [2.75, 3.05) is 0 Å². The zero-order chi connectivity index (χ0) is 34.5. The molecule has 0 aromatic heterocycles. The van der Waals surface area contributed by atoms with Gasteiger partial charge in [-0.3, -0.25) is 18.5 Å². The molecule has 3 aromatic rings. The molecule has 1 unspecified atom stereocenters. The summed E-state index contributed by atoms with van der Waals surface area (Å²) >= 11 is 0. The lowest BCUT2D eigenvalue weighted by Crippen LogP contribution is -2.43. The van der Waals surface area contributed by atoms with E-state index in [9.17, 15) is 48.8 Å². The van der Waals surface area contributed by atoms with Crippen molar-refractivity contribution >= 4 is 52.7 Å². The lowest BCUT2D eigenvalue weighted by molar-refractivity contribution is 0.0949. The van der Waals surface area contributed by atoms with Crippen LogP contribution in [0.1, 0.15) is 22.8 Å². The number of carbonyl (C=O) groups is 1. The number of azo groups is 1. The van der Waals surface area contributed by atoms with E-state index in [2.05, 4.69) is 15.5 Å². The third kappa shape index (κ3) is 6.26. The Hall–Kier alpha value is -4.56. The van der Waals surface area contributed by atoms with Crippen molar-refractivity contribution in [2.24, 2.45) is 27.3 Å². The summed E-state index contributed by atoms with van der Waals surface area (Å²) in [7, 11) is -15.2. The van der Waals surface area contributed by atoms with Gasteiger partial charge in [-0.15, -0.1) is 10.2 Å². The van der Waals surface area contributed by atoms with Crippen LogP contribution in [0.5, 0.6) is 0 Å². The highest BCUT2D eigenvalue weighted by Crippen LogP contribution is 2.52. The van der Waals surface area contributed by atoms with Crippen molar-refractivity contribution in [3.05, 3.63) is 117 Å². The molecule has 15 nitrogen and oxygen atoms in total. The maximum atomic E-state index is 13.1. The monoisotopic (exact) mass is 702 g/mol. The van der Waals surface area contributed by atoms with Gasteiger partial charge >= 0.3 is 0 Å². The largest absolute Gasteiger partial charge is 0.509 e. The minimum atomic E-state index is -5.25. The van der Waals surface area contributed by atoms with Crippen LogP contribution < -0.4 is 11.1 Å². The molecular formula is C29H26N4O11S3. The summed E-state index contributed by atoms with van der Waals surface area (Å²) in [5, 5.41) is 22.1. The summed E-state index contributed by atoms with van der Waals surface area (Å²) in [5.74, 6) is -3.14. The Bertz CT molecular complexity index is 2330. The summed E-state index contributed by atoms with van der Waals surface area (Å²) < 4.78 is 104. The van der Waals surface area contributed by atoms with Crippen molar-refractivity contribution in [3.8, 4) is 0 Å². The third-order valence-corrected chi connectivity index (χ3v) is 10.5. The van der Waals surface area contributed by atoms with Crippen LogP contribution in [0.4, 0.5) is 5.69 Å². The second kappa shape index (κ2) is 11.9. The molecule has 1 amide bonds. The van der Waals surface area contributed by atoms with E-state index in [1.165, 1.54) is 37.3 Å². The highest BCUT2D eigenvalue weighted by Gasteiger charge is 2.50. The summed E-state index contributed by atoms with van der Waals surface area (Å²) in [6.45, 7) is 1.32. The van der Waals surface area contributed by atoms with Crippen molar-refractivity contribution in [1.29, 1.82) is 0 Å². The molecule has 47 heavy (non-hydrogen) atoms. The van der Waals surface area contributed by atoms with Gasteiger partial charge in [0.2, 0.25) is 0 Å². The van der Waals surface area contributed by atoms with Crippen LogP contribution >= 0.6 is 0 Å². The summed E-state index contributed by atoms with van der Waals surface area (Å²) in [4.78, 5) is 10.6. The van der Waals surface area contributed by atoms with Crippen molar-refractivity contribution in [2.45, 2.75) is 18.4 Å². The quantitative estimate of drug-likeness (QED) is 0.144. The number of amides is 1. The number of hydrogen-bond acceptors (Lipinski definition) is 11. The molecule has 246 valence electrons. The minimum Gasteiger partial charge on any atom is -0.509 e. The molecule has 7 N–H and O–H groups in total. The minimum absolute atomic E-state index is 0.00956. The fraction of sp³-hybridized carbons (Fsp3) is 0.138. The van der Waals surface area contributed by atoms with E-state index in [0.29, 0.717) is 10.9 Å². The number of nitrogens with zero attached hydrogens (tertiary/aromatic N) is 2. The number of hydrogen-bond donors (Lipinski definition) is 6. The Kier molecular flexibility index (Phi) is 8.56. The molecule has 3 aromatic carbocycles. The standard InChI is InChI=1S/C29H26N4O11S3/c1-29-18(12-19(45(36,37)38)14-24(29)31-28(35)16-6-3-2-4-7-16)13-23(46(39,40)41)25(27(29)34)33-32-22-11-10-20-17(15-30)8-5-9-21(20)26(22)47(42,43)44/h2-14,18,34H,15,30H2,1H3,(H,31,35)(H,36,37,38)(H,39,40,41)(H,42,43,44)/t18?,29-/m0/s1. The Morgan fingerprint density at radius 1 is 0.851 bits per heavy atom. The van der Waals surface area contributed by atoms with Gasteiger partial charge < -0.3 is 16.2 Å². The van der Waals surface area contributed by atoms with Gasteiger partial charge in [0.25, 0.3) is 36.3 Å². The van der Waals surface area contributed by atoms with E-state index in [1.807, 2.05) is 0 Å². The molecule has 2 aliphatic carbocycles. The molecule has 5 rings (SSSR count). The van der Waals surface area contributed by atoms with E-state index in [4.69, 9.17) is 5.73 Å². The van der Waals surface area contributed by atoms with Crippen molar-refractivity contribution in [1.82, 2.24) is 5.32 Å². The average molecular weight is 703 g/mol. The number of fused-ring (bicyclic) bond motifs is 2. The van der Waals surface area contributed by atoms with Gasteiger partial charge in [-0.05, 0) is 42.1 Å².